The van der Waals surface area contributed by atoms with Gasteiger partial charge in [0.2, 0.25) is 5.91 Å². The van der Waals surface area contributed by atoms with Gasteiger partial charge in [-0.25, -0.2) is 0 Å². The normalized spacial score (nSPS) is 21.0. The second-order valence-electron chi connectivity index (χ2n) is 7.01. The van der Waals surface area contributed by atoms with Gasteiger partial charge in [-0.05, 0) is 39.3 Å². The number of likely N-dealkylation sites (tertiary alicyclic amines) is 1. The van der Waals surface area contributed by atoms with Gasteiger partial charge in [-0.15, -0.1) is 0 Å². The van der Waals surface area contributed by atoms with Crippen molar-refractivity contribution in [2.75, 3.05) is 26.7 Å². The van der Waals surface area contributed by atoms with E-state index >= 15 is 0 Å². The largest absolute Gasteiger partial charge is 0.393 e. The Balaban J connectivity index is 1.74. The maximum absolute atomic E-state index is 12.4. The third kappa shape index (κ3) is 5.89. The Labute approximate surface area is 145 Å². The molecule has 1 amide bonds. The molecule has 1 saturated heterocycles. The average Bonchev–Trinajstić information content (AvgIpc) is 2.99. The highest BCUT2D eigenvalue weighted by Crippen LogP contribution is 2.14. The Hall–Kier alpha value is -1.43. The maximum atomic E-state index is 12.4. The molecule has 5 heteroatoms. The number of carbonyl (C=O) groups is 1. The Kier molecular flexibility index (Phi) is 7.21. The first kappa shape index (κ1) is 18.9. The number of carbonyl (C=O) groups excluding carboxylic acids is 1. The van der Waals surface area contributed by atoms with Crippen molar-refractivity contribution in [1.82, 2.24) is 15.1 Å². The summed E-state index contributed by atoms with van der Waals surface area (Å²) in [6.07, 6.45) is 1.36. The second kappa shape index (κ2) is 9.16. The quantitative estimate of drug-likeness (QED) is 0.756. The van der Waals surface area contributed by atoms with Crippen LogP contribution in [0.1, 0.15) is 32.3 Å². The molecule has 3 atom stereocenters. The van der Waals surface area contributed by atoms with Gasteiger partial charge in [0.1, 0.15) is 0 Å². The summed E-state index contributed by atoms with van der Waals surface area (Å²) >= 11 is 0. The standard InChI is InChI=1S/C19H31N3O2/c1-15(23)9-11-21(3)16(2)19(24)20-18-10-12-22(14-18)13-17-7-5-4-6-8-17/h4-8,15-16,18,23H,9-14H2,1-3H3,(H,20,24). The molecular formula is C19H31N3O2. The van der Waals surface area contributed by atoms with Gasteiger partial charge in [-0.2, -0.15) is 0 Å². The zero-order valence-corrected chi connectivity index (χ0v) is 15.1. The first-order chi connectivity index (χ1) is 11.5. The Morgan fingerprint density at radius 1 is 1.38 bits per heavy atom. The molecule has 1 heterocycles. The fraction of sp³-hybridized carbons (Fsp3) is 0.632. The Bertz CT molecular complexity index is 507. The maximum Gasteiger partial charge on any atom is 0.237 e. The fourth-order valence-corrected chi connectivity index (χ4v) is 3.04. The zero-order chi connectivity index (χ0) is 17.5. The first-order valence-electron chi connectivity index (χ1n) is 8.90. The van der Waals surface area contributed by atoms with Gasteiger partial charge < -0.3 is 10.4 Å². The van der Waals surface area contributed by atoms with E-state index in [0.29, 0.717) is 6.42 Å². The number of aliphatic hydroxyl groups is 1. The van der Waals surface area contributed by atoms with Gasteiger partial charge >= 0.3 is 0 Å². The van der Waals surface area contributed by atoms with Gasteiger partial charge in [0, 0.05) is 32.2 Å². The van der Waals surface area contributed by atoms with Crippen molar-refractivity contribution in [3.8, 4) is 0 Å². The van der Waals surface area contributed by atoms with E-state index in [9.17, 15) is 9.90 Å². The van der Waals surface area contributed by atoms with Crippen LogP contribution in [0, 0.1) is 0 Å². The molecule has 0 bridgehead atoms. The van der Waals surface area contributed by atoms with Crippen LogP contribution in [0.2, 0.25) is 0 Å². The lowest BCUT2D eigenvalue weighted by molar-refractivity contribution is -0.126. The molecule has 5 nitrogen and oxygen atoms in total. The molecule has 0 spiro atoms. The zero-order valence-electron chi connectivity index (χ0n) is 15.1. The number of amides is 1. The fourth-order valence-electron chi connectivity index (χ4n) is 3.04. The van der Waals surface area contributed by atoms with Crippen LogP contribution in [-0.4, -0.2) is 65.7 Å². The summed E-state index contributed by atoms with van der Waals surface area (Å²) in [7, 11) is 1.93. The van der Waals surface area contributed by atoms with Gasteiger partial charge in [0.25, 0.3) is 0 Å². The molecule has 1 aliphatic rings. The highest BCUT2D eigenvalue weighted by atomic mass is 16.3. The lowest BCUT2D eigenvalue weighted by atomic mass is 10.2. The molecule has 1 fully saturated rings. The van der Waals surface area contributed by atoms with E-state index in [4.69, 9.17) is 0 Å². The summed E-state index contributed by atoms with van der Waals surface area (Å²) in [5.74, 6) is 0.0784. The van der Waals surface area contributed by atoms with Crippen LogP contribution in [0.3, 0.4) is 0 Å². The predicted octanol–water partition coefficient (Wildman–Crippen LogP) is 1.47. The number of likely N-dealkylation sites (N-methyl/N-ethyl adjacent to an activating group) is 1. The van der Waals surface area contributed by atoms with Crippen molar-refractivity contribution in [3.63, 3.8) is 0 Å². The van der Waals surface area contributed by atoms with Crippen LogP contribution < -0.4 is 5.32 Å². The Morgan fingerprint density at radius 3 is 2.75 bits per heavy atom. The van der Waals surface area contributed by atoms with Crippen LogP contribution in [0.15, 0.2) is 30.3 Å². The number of hydrogen-bond acceptors (Lipinski definition) is 4. The minimum absolute atomic E-state index is 0.0784. The van der Waals surface area contributed by atoms with Crippen LogP contribution in [0.25, 0.3) is 0 Å². The lowest BCUT2D eigenvalue weighted by Gasteiger charge is -2.26. The SMILES string of the molecule is CC(O)CCN(C)C(C)C(=O)NC1CCN(Cc2ccccc2)C1. The van der Waals surface area contributed by atoms with Crippen molar-refractivity contribution in [2.45, 2.75) is 51.4 Å². The molecule has 0 aliphatic carbocycles. The molecule has 1 aliphatic heterocycles. The smallest absolute Gasteiger partial charge is 0.237 e. The summed E-state index contributed by atoms with van der Waals surface area (Å²) in [6, 6.07) is 10.5. The van der Waals surface area contributed by atoms with Crippen LogP contribution in [0.5, 0.6) is 0 Å². The molecule has 1 aromatic rings. The molecular weight excluding hydrogens is 302 g/mol. The molecule has 134 valence electrons. The van der Waals surface area contributed by atoms with Crippen LogP contribution in [-0.2, 0) is 11.3 Å². The van der Waals surface area contributed by atoms with E-state index < -0.39 is 0 Å². The summed E-state index contributed by atoms with van der Waals surface area (Å²) in [4.78, 5) is 16.8. The molecule has 3 unspecified atom stereocenters. The monoisotopic (exact) mass is 333 g/mol. The van der Waals surface area contributed by atoms with Gasteiger partial charge in [-0.3, -0.25) is 14.6 Å². The van der Waals surface area contributed by atoms with Crippen LogP contribution >= 0.6 is 0 Å². The third-order valence-corrected chi connectivity index (χ3v) is 4.81. The number of benzene rings is 1. The van der Waals surface area contributed by atoms with E-state index in [0.717, 1.165) is 32.6 Å². The number of nitrogens with one attached hydrogen (secondary N) is 1. The number of hydrogen-bond donors (Lipinski definition) is 2. The second-order valence-corrected chi connectivity index (χ2v) is 7.01. The number of nitrogens with zero attached hydrogens (tertiary/aromatic N) is 2. The summed E-state index contributed by atoms with van der Waals surface area (Å²) in [5, 5.41) is 12.5. The third-order valence-electron chi connectivity index (χ3n) is 4.81. The highest BCUT2D eigenvalue weighted by molar-refractivity contribution is 5.81. The van der Waals surface area contributed by atoms with E-state index in [-0.39, 0.29) is 24.1 Å². The van der Waals surface area contributed by atoms with E-state index in [1.54, 1.807) is 6.92 Å². The molecule has 1 aromatic carbocycles. The molecule has 24 heavy (non-hydrogen) atoms. The molecule has 0 aromatic heterocycles. The molecule has 0 radical (unpaired) electrons. The van der Waals surface area contributed by atoms with Crippen molar-refractivity contribution < 1.29 is 9.90 Å². The summed E-state index contributed by atoms with van der Waals surface area (Å²) in [5.41, 5.74) is 1.32. The van der Waals surface area contributed by atoms with Crippen molar-refractivity contribution in [3.05, 3.63) is 35.9 Å². The van der Waals surface area contributed by atoms with Gasteiger partial charge in [-0.1, -0.05) is 30.3 Å². The van der Waals surface area contributed by atoms with E-state index in [1.165, 1.54) is 5.56 Å². The topological polar surface area (TPSA) is 55.8 Å². The highest BCUT2D eigenvalue weighted by Gasteiger charge is 2.26. The molecule has 0 saturated carbocycles. The van der Waals surface area contributed by atoms with Crippen molar-refractivity contribution in [1.29, 1.82) is 0 Å². The summed E-state index contributed by atoms with van der Waals surface area (Å²) < 4.78 is 0. The van der Waals surface area contributed by atoms with Crippen molar-refractivity contribution >= 4 is 5.91 Å². The van der Waals surface area contributed by atoms with Crippen LogP contribution in [0.4, 0.5) is 0 Å². The lowest BCUT2D eigenvalue weighted by Crippen LogP contribution is -2.48. The van der Waals surface area contributed by atoms with Crippen molar-refractivity contribution in [2.24, 2.45) is 0 Å². The first-order valence-corrected chi connectivity index (χ1v) is 8.90. The predicted molar refractivity (Wildman–Crippen MR) is 96.7 cm³/mol. The molecule has 2 N–H and O–H groups in total. The number of aliphatic hydroxyl groups excluding tert-OH is 1. The minimum Gasteiger partial charge on any atom is -0.393 e. The van der Waals surface area contributed by atoms with E-state index in [1.807, 2.05) is 24.9 Å². The Morgan fingerprint density at radius 2 is 2.08 bits per heavy atom. The average molecular weight is 333 g/mol. The molecule has 2 rings (SSSR count). The summed E-state index contributed by atoms with van der Waals surface area (Å²) in [6.45, 7) is 7.29. The minimum atomic E-state index is -0.330. The van der Waals surface area contributed by atoms with E-state index in [2.05, 4.69) is 34.5 Å². The number of rotatable bonds is 8. The van der Waals surface area contributed by atoms with Gasteiger partial charge in [0.05, 0.1) is 12.1 Å². The van der Waals surface area contributed by atoms with Gasteiger partial charge in [0.15, 0.2) is 0 Å².